The monoisotopic (exact) mass is 424 g/mol. The average Bonchev–Trinajstić information content (AvgIpc) is 3.11. The molecule has 0 unspecified atom stereocenters. The third kappa shape index (κ3) is 3.33. The highest BCUT2D eigenvalue weighted by Gasteiger charge is 2.17. The summed E-state index contributed by atoms with van der Waals surface area (Å²) in [6.45, 7) is 1.85. The van der Waals surface area contributed by atoms with Crippen LogP contribution >= 0.6 is 0 Å². The topological polar surface area (TPSA) is 107 Å². The predicted octanol–water partition coefficient (Wildman–Crippen LogP) is 3.31. The van der Waals surface area contributed by atoms with Gasteiger partial charge in [0.05, 0.1) is 22.5 Å². The first-order chi connectivity index (χ1) is 14.2. The molecule has 0 radical (unpaired) electrons. The third-order valence-corrected chi connectivity index (χ3v) is 5.95. The van der Waals surface area contributed by atoms with Gasteiger partial charge in [-0.2, -0.15) is 0 Å². The van der Waals surface area contributed by atoms with Crippen molar-refractivity contribution in [2.24, 2.45) is 0 Å². The van der Waals surface area contributed by atoms with E-state index in [0.29, 0.717) is 23.2 Å². The van der Waals surface area contributed by atoms with Crippen LogP contribution in [0.1, 0.15) is 15.9 Å². The van der Waals surface area contributed by atoms with E-state index >= 15 is 0 Å². The Labute approximate surface area is 171 Å². The highest BCUT2D eigenvalue weighted by atomic mass is 32.2. The maximum Gasteiger partial charge on any atom is 0.180 e. The minimum absolute atomic E-state index is 0.0922. The molecule has 0 fully saturated rings. The van der Waals surface area contributed by atoms with Crippen molar-refractivity contribution in [2.75, 3.05) is 12.0 Å². The molecule has 7 nitrogen and oxygen atoms in total. The van der Waals surface area contributed by atoms with Crippen LogP contribution in [0.5, 0.6) is 0 Å². The molecule has 4 aromatic rings. The number of anilines is 1. The van der Waals surface area contributed by atoms with Crippen molar-refractivity contribution in [3.05, 3.63) is 65.7 Å². The van der Waals surface area contributed by atoms with Gasteiger partial charge in [-0.15, -0.1) is 0 Å². The summed E-state index contributed by atoms with van der Waals surface area (Å²) in [4.78, 5) is 19.6. The molecule has 0 saturated heterocycles. The number of hydrogen-bond donors (Lipinski definition) is 1. The summed E-state index contributed by atoms with van der Waals surface area (Å²) in [5, 5.41) is 0. The zero-order chi connectivity index (χ0) is 21.6. The highest BCUT2D eigenvalue weighted by molar-refractivity contribution is 7.90. The van der Waals surface area contributed by atoms with Gasteiger partial charge in [-0.1, -0.05) is 12.1 Å². The van der Waals surface area contributed by atoms with Crippen molar-refractivity contribution < 1.29 is 17.6 Å². The van der Waals surface area contributed by atoms with Crippen LogP contribution in [-0.2, 0) is 9.84 Å². The number of aromatic nitrogens is 3. The normalized spacial score (nSPS) is 11.7. The van der Waals surface area contributed by atoms with E-state index in [1.165, 1.54) is 12.1 Å². The lowest BCUT2D eigenvalue weighted by Crippen LogP contribution is -2.02. The van der Waals surface area contributed by atoms with Crippen molar-refractivity contribution in [3.8, 4) is 22.5 Å². The zero-order valence-corrected chi connectivity index (χ0v) is 16.9. The lowest BCUT2D eigenvalue weighted by atomic mass is 10.1. The first kappa shape index (κ1) is 19.7. The molecule has 9 heteroatoms. The zero-order valence-electron chi connectivity index (χ0n) is 16.1. The molecule has 2 aromatic heterocycles. The number of sulfone groups is 1. The molecule has 2 N–H and O–H groups in total. The standard InChI is InChI=1S/C21H17FN4O3S/c1-12-3-5-14(30(2,28)29)8-16(12)19-9-24-21-20(23)25-18(10-26(19)21)15-6-4-13(11-27)7-17(15)22/h3-11H,1-2H3,(H2,23,25). The highest BCUT2D eigenvalue weighted by Crippen LogP contribution is 2.30. The Hall–Kier alpha value is -3.59. The van der Waals surface area contributed by atoms with E-state index in [-0.39, 0.29) is 27.5 Å². The molecule has 4 rings (SSSR count). The van der Waals surface area contributed by atoms with Crippen molar-refractivity contribution in [2.45, 2.75) is 11.8 Å². The minimum atomic E-state index is -3.40. The summed E-state index contributed by atoms with van der Waals surface area (Å²) in [7, 11) is -3.40. The van der Waals surface area contributed by atoms with E-state index in [1.54, 1.807) is 35.0 Å². The second-order valence-corrected chi connectivity index (χ2v) is 8.97. The van der Waals surface area contributed by atoms with Crippen LogP contribution in [0.2, 0.25) is 0 Å². The van der Waals surface area contributed by atoms with E-state index in [4.69, 9.17) is 5.73 Å². The summed E-state index contributed by atoms with van der Waals surface area (Å²) >= 11 is 0. The molecule has 0 aliphatic heterocycles. The molecule has 0 atom stereocenters. The summed E-state index contributed by atoms with van der Waals surface area (Å²) < 4.78 is 40.2. The summed E-state index contributed by atoms with van der Waals surface area (Å²) in [5.41, 5.74) is 9.14. The molecular formula is C21H17FN4O3S. The second kappa shape index (κ2) is 7.03. The Morgan fingerprint density at radius 1 is 1.13 bits per heavy atom. The molecule has 0 spiro atoms. The van der Waals surface area contributed by atoms with Crippen molar-refractivity contribution in [1.82, 2.24) is 14.4 Å². The predicted molar refractivity (Wildman–Crippen MR) is 111 cm³/mol. The fourth-order valence-corrected chi connectivity index (χ4v) is 3.91. The van der Waals surface area contributed by atoms with Gasteiger partial charge in [-0.25, -0.2) is 22.8 Å². The van der Waals surface area contributed by atoms with Crippen LogP contribution in [0.15, 0.2) is 53.7 Å². The van der Waals surface area contributed by atoms with Gasteiger partial charge >= 0.3 is 0 Å². The number of aryl methyl sites for hydroxylation is 1. The van der Waals surface area contributed by atoms with Gasteiger partial charge in [0.15, 0.2) is 21.3 Å². The van der Waals surface area contributed by atoms with Gasteiger partial charge in [-0.3, -0.25) is 9.20 Å². The number of benzene rings is 2. The molecule has 0 saturated carbocycles. The van der Waals surface area contributed by atoms with Gasteiger partial charge in [0.2, 0.25) is 0 Å². The van der Waals surface area contributed by atoms with Gasteiger partial charge < -0.3 is 5.73 Å². The Morgan fingerprint density at radius 3 is 2.57 bits per heavy atom. The van der Waals surface area contributed by atoms with E-state index in [0.717, 1.165) is 17.9 Å². The van der Waals surface area contributed by atoms with E-state index in [1.807, 2.05) is 6.92 Å². The molecule has 0 amide bonds. The van der Waals surface area contributed by atoms with E-state index in [9.17, 15) is 17.6 Å². The van der Waals surface area contributed by atoms with Gasteiger partial charge in [0.1, 0.15) is 12.1 Å². The summed E-state index contributed by atoms with van der Waals surface area (Å²) in [6, 6.07) is 8.90. The van der Waals surface area contributed by atoms with Crippen LogP contribution in [0, 0.1) is 12.7 Å². The van der Waals surface area contributed by atoms with Crippen LogP contribution in [-0.4, -0.2) is 35.3 Å². The number of carbonyl (C=O) groups excluding carboxylic acids is 1. The van der Waals surface area contributed by atoms with Gasteiger partial charge in [0.25, 0.3) is 0 Å². The smallest absolute Gasteiger partial charge is 0.180 e. The Kier molecular flexibility index (Phi) is 4.62. The van der Waals surface area contributed by atoms with Crippen molar-refractivity contribution in [1.29, 1.82) is 0 Å². The Bertz CT molecular complexity index is 1430. The maximum absolute atomic E-state index is 14.5. The Morgan fingerprint density at radius 2 is 1.90 bits per heavy atom. The third-order valence-electron chi connectivity index (χ3n) is 4.84. The number of nitrogens with two attached hydrogens (primary N) is 1. The van der Waals surface area contributed by atoms with E-state index < -0.39 is 15.7 Å². The van der Waals surface area contributed by atoms with Crippen molar-refractivity contribution in [3.63, 3.8) is 0 Å². The molecule has 152 valence electrons. The first-order valence-corrected chi connectivity index (χ1v) is 10.8. The fourth-order valence-electron chi connectivity index (χ4n) is 3.26. The molecule has 2 aromatic carbocycles. The number of carbonyl (C=O) groups is 1. The summed E-state index contributed by atoms with van der Waals surface area (Å²) in [6.07, 6.45) is 4.85. The number of hydrogen-bond acceptors (Lipinski definition) is 6. The van der Waals surface area contributed by atoms with Crippen LogP contribution in [0.25, 0.3) is 28.2 Å². The summed E-state index contributed by atoms with van der Waals surface area (Å²) in [5.74, 6) is -0.516. The SMILES string of the molecule is Cc1ccc(S(C)(=O)=O)cc1-c1cnc2c(N)nc(-c3ccc(C=O)cc3F)cn12. The van der Waals surface area contributed by atoms with Crippen LogP contribution in [0.4, 0.5) is 10.2 Å². The molecule has 0 aliphatic rings. The number of halogens is 1. The number of rotatable bonds is 4. The molecule has 0 bridgehead atoms. The largest absolute Gasteiger partial charge is 0.381 e. The lowest BCUT2D eigenvalue weighted by Gasteiger charge is -2.11. The van der Waals surface area contributed by atoms with Gasteiger partial charge in [-0.05, 0) is 36.8 Å². The fraction of sp³-hybridized carbons (Fsp3) is 0.0952. The number of nitrogens with zero attached hydrogens (tertiary/aromatic N) is 3. The minimum Gasteiger partial charge on any atom is -0.381 e. The Balaban J connectivity index is 1.96. The number of nitrogen functional groups attached to an aromatic ring is 1. The molecule has 2 heterocycles. The average molecular weight is 424 g/mol. The van der Waals surface area contributed by atoms with Gasteiger partial charge in [0, 0.05) is 29.1 Å². The van der Waals surface area contributed by atoms with Crippen molar-refractivity contribution >= 4 is 27.6 Å². The molecule has 30 heavy (non-hydrogen) atoms. The second-order valence-electron chi connectivity index (χ2n) is 6.95. The number of aldehydes is 1. The number of fused-ring (bicyclic) bond motifs is 1. The maximum atomic E-state index is 14.5. The van der Waals surface area contributed by atoms with Crippen LogP contribution < -0.4 is 5.73 Å². The quantitative estimate of drug-likeness (QED) is 0.504. The van der Waals surface area contributed by atoms with E-state index in [2.05, 4.69) is 9.97 Å². The van der Waals surface area contributed by atoms with Crippen LogP contribution in [0.3, 0.4) is 0 Å². The molecular weight excluding hydrogens is 407 g/mol. The first-order valence-electron chi connectivity index (χ1n) is 8.89. The number of imidazole rings is 1. The molecule has 0 aliphatic carbocycles. The lowest BCUT2D eigenvalue weighted by molar-refractivity contribution is 0.112.